The number of aromatic amines is 1. The van der Waals surface area contributed by atoms with Crippen LogP contribution in [0.2, 0.25) is 0 Å². The van der Waals surface area contributed by atoms with Gasteiger partial charge in [0.1, 0.15) is 11.6 Å². The van der Waals surface area contributed by atoms with Crippen LogP contribution in [-0.4, -0.2) is 21.0 Å². The second-order valence-corrected chi connectivity index (χ2v) is 2.94. The molecule has 1 heterocycles. The van der Waals surface area contributed by atoms with Crippen molar-refractivity contribution in [3.8, 4) is 5.75 Å². The zero-order chi connectivity index (χ0) is 10.7. The fourth-order valence-electron chi connectivity index (χ4n) is 1.18. The highest BCUT2D eigenvalue weighted by atomic mass is 16.3. The molecule has 0 unspecified atom stereocenters. The number of anilines is 1. The molecule has 0 aliphatic heterocycles. The Balaban J connectivity index is 2.19. The van der Waals surface area contributed by atoms with Crippen LogP contribution in [0.1, 0.15) is 10.4 Å². The highest BCUT2D eigenvalue weighted by Gasteiger charge is 2.10. The minimum Gasteiger partial charge on any atom is -0.507 e. The van der Waals surface area contributed by atoms with Gasteiger partial charge in [-0.1, -0.05) is 12.1 Å². The maximum Gasteiger partial charge on any atom is 0.260 e. The van der Waals surface area contributed by atoms with Crippen LogP contribution < -0.4 is 5.32 Å². The Kier molecular flexibility index (Phi) is 2.37. The second kappa shape index (κ2) is 3.83. The number of hydrogen-bond acceptors (Lipinski definition) is 3. The Hall–Kier alpha value is -2.30. The van der Waals surface area contributed by atoms with Gasteiger partial charge in [-0.3, -0.25) is 4.79 Å². The number of carbonyl (C=O) groups excluding carboxylic acids is 1. The molecule has 0 spiro atoms. The number of phenols is 1. The van der Waals surface area contributed by atoms with Crippen molar-refractivity contribution in [1.29, 1.82) is 0 Å². The van der Waals surface area contributed by atoms with Gasteiger partial charge in [-0.05, 0) is 12.1 Å². The average molecular weight is 203 g/mol. The van der Waals surface area contributed by atoms with Crippen molar-refractivity contribution in [2.75, 3.05) is 5.32 Å². The third kappa shape index (κ3) is 1.96. The van der Waals surface area contributed by atoms with Crippen LogP contribution in [0.15, 0.2) is 36.8 Å². The van der Waals surface area contributed by atoms with Crippen molar-refractivity contribution < 1.29 is 9.90 Å². The lowest BCUT2D eigenvalue weighted by molar-refractivity contribution is 0.102. The molecule has 1 aromatic carbocycles. The van der Waals surface area contributed by atoms with Gasteiger partial charge in [-0.25, -0.2) is 4.98 Å². The molecular weight excluding hydrogens is 194 g/mol. The molecule has 0 aliphatic rings. The van der Waals surface area contributed by atoms with Gasteiger partial charge in [-0.2, -0.15) is 0 Å². The van der Waals surface area contributed by atoms with Gasteiger partial charge in [0.2, 0.25) is 0 Å². The molecule has 15 heavy (non-hydrogen) atoms. The Morgan fingerprint density at radius 1 is 1.40 bits per heavy atom. The SMILES string of the molecule is O=C(Nc1cnc[nH]1)c1ccccc1O. The number of H-pyrrole nitrogens is 1. The molecule has 0 saturated heterocycles. The molecule has 2 rings (SSSR count). The first kappa shape index (κ1) is 9.26. The van der Waals surface area contributed by atoms with Crippen LogP contribution >= 0.6 is 0 Å². The monoisotopic (exact) mass is 203 g/mol. The van der Waals surface area contributed by atoms with Gasteiger partial charge < -0.3 is 15.4 Å². The number of benzene rings is 1. The van der Waals surface area contributed by atoms with Crippen molar-refractivity contribution in [3.05, 3.63) is 42.4 Å². The summed E-state index contributed by atoms with van der Waals surface area (Å²) in [5.74, 6) is 0.0649. The van der Waals surface area contributed by atoms with E-state index in [1.165, 1.54) is 18.6 Å². The standard InChI is InChI=1S/C10H9N3O2/c14-8-4-2-1-3-7(8)10(15)13-9-5-11-6-12-9/h1-6,14H,(H,11,12)(H,13,15). The minimum absolute atomic E-state index is 0.0467. The van der Waals surface area contributed by atoms with Gasteiger partial charge in [-0.15, -0.1) is 0 Å². The molecule has 0 saturated carbocycles. The summed E-state index contributed by atoms with van der Waals surface area (Å²) in [5, 5.41) is 12.0. The summed E-state index contributed by atoms with van der Waals surface area (Å²) in [7, 11) is 0. The normalized spacial score (nSPS) is 9.87. The van der Waals surface area contributed by atoms with Gasteiger partial charge in [0.25, 0.3) is 5.91 Å². The van der Waals surface area contributed by atoms with E-state index in [9.17, 15) is 9.90 Å². The van der Waals surface area contributed by atoms with Crippen LogP contribution in [-0.2, 0) is 0 Å². The van der Waals surface area contributed by atoms with Crippen LogP contribution in [0.4, 0.5) is 5.82 Å². The third-order valence-electron chi connectivity index (χ3n) is 1.90. The molecule has 2 aromatic rings. The minimum atomic E-state index is -0.377. The number of aromatic nitrogens is 2. The van der Waals surface area contributed by atoms with E-state index in [1.807, 2.05) is 0 Å². The predicted octanol–water partition coefficient (Wildman–Crippen LogP) is 1.37. The Morgan fingerprint density at radius 3 is 2.87 bits per heavy atom. The third-order valence-corrected chi connectivity index (χ3v) is 1.90. The summed E-state index contributed by atoms with van der Waals surface area (Å²) in [6.07, 6.45) is 2.94. The van der Waals surface area contributed by atoms with Crippen LogP contribution in [0.5, 0.6) is 5.75 Å². The number of nitrogens with zero attached hydrogens (tertiary/aromatic N) is 1. The summed E-state index contributed by atoms with van der Waals surface area (Å²) in [4.78, 5) is 18.1. The van der Waals surface area contributed by atoms with E-state index in [0.29, 0.717) is 5.82 Å². The van der Waals surface area contributed by atoms with Crippen molar-refractivity contribution in [2.45, 2.75) is 0 Å². The van der Waals surface area contributed by atoms with Gasteiger partial charge in [0.15, 0.2) is 0 Å². The fraction of sp³-hybridized carbons (Fsp3) is 0. The molecule has 3 N–H and O–H groups in total. The summed E-state index contributed by atoms with van der Waals surface area (Å²) in [6, 6.07) is 6.34. The van der Waals surface area contributed by atoms with Crippen molar-refractivity contribution in [2.24, 2.45) is 0 Å². The van der Waals surface area contributed by atoms with Gasteiger partial charge in [0, 0.05) is 0 Å². The molecule has 5 nitrogen and oxygen atoms in total. The Bertz CT molecular complexity index is 465. The molecule has 0 bridgehead atoms. The van der Waals surface area contributed by atoms with E-state index < -0.39 is 0 Å². The number of imidazole rings is 1. The van der Waals surface area contributed by atoms with Crippen molar-refractivity contribution in [3.63, 3.8) is 0 Å². The van der Waals surface area contributed by atoms with Crippen molar-refractivity contribution >= 4 is 11.7 Å². The first-order valence-electron chi connectivity index (χ1n) is 4.35. The van der Waals surface area contributed by atoms with E-state index in [4.69, 9.17) is 0 Å². The van der Waals surface area contributed by atoms with E-state index in [-0.39, 0.29) is 17.2 Å². The zero-order valence-corrected chi connectivity index (χ0v) is 7.77. The average Bonchev–Trinajstić information content (AvgIpc) is 2.71. The molecule has 76 valence electrons. The maximum atomic E-state index is 11.6. The highest BCUT2D eigenvalue weighted by molar-refractivity contribution is 6.05. The molecule has 1 aromatic heterocycles. The van der Waals surface area contributed by atoms with E-state index in [0.717, 1.165) is 0 Å². The smallest absolute Gasteiger partial charge is 0.260 e. The maximum absolute atomic E-state index is 11.6. The van der Waals surface area contributed by atoms with Crippen LogP contribution in [0, 0.1) is 0 Å². The number of nitrogens with one attached hydrogen (secondary N) is 2. The van der Waals surface area contributed by atoms with Gasteiger partial charge in [0.05, 0.1) is 18.1 Å². The van der Waals surface area contributed by atoms with Crippen LogP contribution in [0.25, 0.3) is 0 Å². The second-order valence-electron chi connectivity index (χ2n) is 2.94. The molecular formula is C10H9N3O2. The predicted molar refractivity (Wildman–Crippen MR) is 54.6 cm³/mol. The number of amides is 1. The van der Waals surface area contributed by atoms with Gasteiger partial charge >= 0.3 is 0 Å². The summed E-state index contributed by atoms with van der Waals surface area (Å²) >= 11 is 0. The number of aromatic hydroxyl groups is 1. The molecule has 0 fully saturated rings. The number of carbonyl (C=O) groups is 1. The lowest BCUT2D eigenvalue weighted by Crippen LogP contribution is -2.12. The molecule has 5 heteroatoms. The Morgan fingerprint density at radius 2 is 2.20 bits per heavy atom. The van der Waals surface area contributed by atoms with Crippen molar-refractivity contribution in [1.82, 2.24) is 9.97 Å². The molecule has 0 atom stereocenters. The zero-order valence-electron chi connectivity index (χ0n) is 7.77. The Labute approximate surface area is 85.8 Å². The van der Waals surface area contributed by atoms with E-state index in [1.54, 1.807) is 18.2 Å². The van der Waals surface area contributed by atoms with E-state index in [2.05, 4.69) is 15.3 Å². The molecule has 0 aliphatic carbocycles. The van der Waals surface area contributed by atoms with E-state index >= 15 is 0 Å². The summed E-state index contributed by atoms with van der Waals surface area (Å²) in [6.45, 7) is 0. The first-order chi connectivity index (χ1) is 7.27. The number of rotatable bonds is 2. The number of para-hydroxylation sites is 1. The first-order valence-corrected chi connectivity index (χ1v) is 4.35. The largest absolute Gasteiger partial charge is 0.507 e. The van der Waals surface area contributed by atoms with Crippen LogP contribution in [0.3, 0.4) is 0 Å². The number of hydrogen-bond donors (Lipinski definition) is 3. The highest BCUT2D eigenvalue weighted by Crippen LogP contribution is 2.16. The topological polar surface area (TPSA) is 78.0 Å². The summed E-state index contributed by atoms with van der Waals surface area (Å²) < 4.78 is 0. The lowest BCUT2D eigenvalue weighted by atomic mass is 10.2. The quantitative estimate of drug-likeness (QED) is 0.689. The molecule has 0 radical (unpaired) electrons. The molecule has 1 amide bonds. The fourth-order valence-corrected chi connectivity index (χ4v) is 1.18. The summed E-state index contributed by atoms with van der Waals surface area (Å²) in [5.41, 5.74) is 0.229. The number of phenolic OH excluding ortho intramolecular Hbond substituents is 1. The lowest BCUT2D eigenvalue weighted by Gasteiger charge is -2.03.